The summed E-state index contributed by atoms with van der Waals surface area (Å²) in [5.41, 5.74) is 1.58. The van der Waals surface area contributed by atoms with Crippen molar-refractivity contribution in [2.45, 2.75) is 6.04 Å². The first kappa shape index (κ1) is 14.9. The van der Waals surface area contributed by atoms with Crippen molar-refractivity contribution in [3.8, 4) is 0 Å². The van der Waals surface area contributed by atoms with Crippen LogP contribution in [-0.2, 0) is 11.8 Å². The number of nitrogens with zero attached hydrogens (tertiary/aromatic N) is 3. The zero-order valence-electron chi connectivity index (χ0n) is 13.6. The van der Waals surface area contributed by atoms with E-state index < -0.39 is 0 Å². The van der Waals surface area contributed by atoms with Crippen molar-refractivity contribution >= 4 is 16.7 Å². The van der Waals surface area contributed by atoms with Crippen molar-refractivity contribution < 1.29 is 9.53 Å². The molecule has 0 spiro atoms. The zero-order chi connectivity index (χ0) is 16.5. The Labute approximate surface area is 140 Å². The second kappa shape index (κ2) is 6.09. The SMILES string of the molecule is Cn1cccc1[C@H]1COCCN1C(=O)c1nccc2ccccc12. The molecule has 0 N–H and O–H groups in total. The van der Waals surface area contributed by atoms with Gasteiger partial charge >= 0.3 is 0 Å². The molecule has 0 aliphatic carbocycles. The Kier molecular flexibility index (Phi) is 3.78. The predicted molar refractivity (Wildman–Crippen MR) is 91.8 cm³/mol. The number of amides is 1. The van der Waals surface area contributed by atoms with Crippen molar-refractivity contribution in [1.82, 2.24) is 14.5 Å². The highest BCUT2D eigenvalue weighted by molar-refractivity contribution is 6.05. The van der Waals surface area contributed by atoms with Crippen LogP contribution < -0.4 is 0 Å². The minimum atomic E-state index is -0.0907. The summed E-state index contributed by atoms with van der Waals surface area (Å²) in [6, 6.07) is 13.7. The molecule has 122 valence electrons. The van der Waals surface area contributed by atoms with E-state index in [0.29, 0.717) is 25.5 Å². The molecule has 0 unspecified atom stereocenters. The van der Waals surface area contributed by atoms with Crippen LogP contribution in [0.1, 0.15) is 22.2 Å². The molecule has 3 aromatic rings. The van der Waals surface area contributed by atoms with Gasteiger partial charge in [-0.05, 0) is 23.6 Å². The Morgan fingerprint density at radius 2 is 2.08 bits per heavy atom. The molecule has 1 aliphatic heterocycles. The summed E-state index contributed by atoms with van der Waals surface area (Å²) in [7, 11) is 1.99. The number of carbonyl (C=O) groups excluding carboxylic acids is 1. The smallest absolute Gasteiger partial charge is 0.273 e. The molecule has 1 aliphatic rings. The fourth-order valence-electron chi connectivity index (χ4n) is 3.34. The molecule has 3 heterocycles. The number of fused-ring (bicyclic) bond motifs is 1. The van der Waals surface area contributed by atoms with E-state index in [-0.39, 0.29) is 11.9 Å². The lowest BCUT2D eigenvalue weighted by atomic mass is 10.1. The minimum Gasteiger partial charge on any atom is -0.377 e. The first-order valence-corrected chi connectivity index (χ1v) is 8.09. The fraction of sp³-hybridized carbons (Fsp3) is 0.263. The predicted octanol–water partition coefficient (Wildman–Crippen LogP) is 2.79. The number of ether oxygens (including phenoxy) is 1. The number of morpholine rings is 1. The molecule has 1 saturated heterocycles. The second-order valence-electron chi connectivity index (χ2n) is 6.01. The zero-order valence-corrected chi connectivity index (χ0v) is 13.6. The van der Waals surface area contributed by atoms with Crippen molar-refractivity contribution in [2.24, 2.45) is 7.05 Å². The average molecular weight is 321 g/mol. The summed E-state index contributed by atoms with van der Waals surface area (Å²) in [6.45, 7) is 1.63. The van der Waals surface area contributed by atoms with E-state index in [1.54, 1.807) is 6.20 Å². The second-order valence-corrected chi connectivity index (χ2v) is 6.01. The maximum atomic E-state index is 13.2. The van der Waals surface area contributed by atoms with Crippen LogP contribution in [0, 0.1) is 0 Å². The van der Waals surface area contributed by atoms with Crippen molar-refractivity contribution in [2.75, 3.05) is 19.8 Å². The van der Waals surface area contributed by atoms with Gasteiger partial charge in [0.05, 0.1) is 19.3 Å². The quantitative estimate of drug-likeness (QED) is 0.729. The lowest BCUT2D eigenvalue weighted by Crippen LogP contribution is -2.44. The third-order valence-electron chi connectivity index (χ3n) is 4.59. The summed E-state index contributed by atoms with van der Waals surface area (Å²) >= 11 is 0. The van der Waals surface area contributed by atoms with E-state index in [1.807, 2.05) is 65.2 Å². The van der Waals surface area contributed by atoms with Crippen LogP contribution in [-0.4, -0.2) is 40.1 Å². The largest absolute Gasteiger partial charge is 0.377 e. The van der Waals surface area contributed by atoms with Gasteiger partial charge in [-0.3, -0.25) is 9.78 Å². The van der Waals surface area contributed by atoms with Crippen LogP contribution in [0.25, 0.3) is 10.8 Å². The van der Waals surface area contributed by atoms with E-state index in [4.69, 9.17) is 4.74 Å². The topological polar surface area (TPSA) is 47.4 Å². The lowest BCUT2D eigenvalue weighted by molar-refractivity contribution is -0.00482. The lowest BCUT2D eigenvalue weighted by Gasteiger charge is -2.35. The number of aryl methyl sites for hydroxylation is 1. The van der Waals surface area contributed by atoms with E-state index in [2.05, 4.69) is 4.98 Å². The van der Waals surface area contributed by atoms with Crippen LogP contribution in [0.15, 0.2) is 54.9 Å². The van der Waals surface area contributed by atoms with Crippen LogP contribution in [0.5, 0.6) is 0 Å². The summed E-state index contributed by atoms with van der Waals surface area (Å²) in [4.78, 5) is 19.5. The van der Waals surface area contributed by atoms with Crippen molar-refractivity contribution in [3.05, 3.63) is 66.2 Å². The highest BCUT2D eigenvalue weighted by atomic mass is 16.5. The van der Waals surface area contributed by atoms with E-state index in [1.165, 1.54) is 0 Å². The maximum Gasteiger partial charge on any atom is 0.273 e. The number of hydrogen-bond acceptors (Lipinski definition) is 3. The van der Waals surface area contributed by atoms with Gasteiger partial charge in [0.25, 0.3) is 5.91 Å². The third kappa shape index (κ3) is 2.47. The van der Waals surface area contributed by atoms with Gasteiger partial charge in [-0.15, -0.1) is 0 Å². The normalized spacial score (nSPS) is 18.0. The maximum absolute atomic E-state index is 13.2. The summed E-state index contributed by atoms with van der Waals surface area (Å²) in [6.07, 6.45) is 3.69. The number of carbonyl (C=O) groups is 1. The average Bonchev–Trinajstić information content (AvgIpc) is 3.06. The number of hydrogen-bond donors (Lipinski definition) is 0. The molecular formula is C19H19N3O2. The molecular weight excluding hydrogens is 302 g/mol. The molecule has 24 heavy (non-hydrogen) atoms. The Morgan fingerprint density at radius 1 is 1.21 bits per heavy atom. The Bertz CT molecular complexity index is 882. The number of pyridine rings is 1. The fourth-order valence-corrected chi connectivity index (χ4v) is 3.34. The van der Waals surface area contributed by atoms with Crippen LogP contribution in [0.3, 0.4) is 0 Å². The summed E-state index contributed by atoms with van der Waals surface area (Å²) in [5.74, 6) is -0.0405. The first-order chi connectivity index (χ1) is 11.8. The van der Waals surface area contributed by atoms with E-state index >= 15 is 0 Å². The molecule has 5 heteroatoms. The first-order valence-electron chi connectivity index (χ1n) is 8.09. The minimum absolute atomic E-state index is 0.0405. The molecule has 1 aromatic carbocycles. The highest BCUT2D eigenvalue weighted by Gasteiger charge is 2.31. The molecule has 1 atom stereocenters. The van der Waals surface area contributed by atoms with Crippen molar-refractivity contribution in [1.29, 1.82) is 0 Å². The number of rotatable bonds is 2. The monoisotopic (exact) mass is 321 g/mol. The Balaban J connectivity index is 1.75. The van der Waals surface area contributed by atoms with Gasteiger partial charge < -0.3 is 14.2 Å². The van der Waals surface area contributed by atoms with Gasteiger partial charge in [0.15, 0.2) is 0 Å². The number of aromatic nitrogens is 2. The molecule has 1 amide bonds. The van der Waals surface area contributed by atoms with Crippen LogP contribution >= 0.6 is 0 Å². The Hall–Kier alpha value is -2.66. The molecule has 0 radical (unpaired) electrons. The molecule has 1 fully saturated rings. The van der Waals surface area contributed by atoms with E-state index in [9.17, 15) is 4.79 Å². The molecule has 4 rings (SSSR count). The molecule has 0 bridgehead atoms. The molecule has 0 saturated carbocycles. The van der Waals surface area contributed by atoms with E-state index in [0.717, 1.165) is 16.5 Å². The van der Waals surface area contributed by atoms with Gasteiger partial charge in [-0.25, -0.2) is 0 Å². The van der Waals surface area contributed by atoms with Crippen molar-refractivity contribution in [3.63, 3.8) is 0 Å². The molecule has 2 aromatic heterocycles. The standard InChI is InChI=1S/C19H19N3O2/c1-21-10-4-7-16(21)17-13-24-12-11-22(17)19(23)18-15-6-3-2-5-14(15)8-9-20-18/h2-10,17H,11-13H2,1H3/t17-/m1/s1. The van der Waals surface area contributed by atoms with Gasteiger partial charge in [0.2, 0.25) is 0 Å². The van der Waals surface area contributed by atoms with Gasteiger partial charge in [-0.2, -0.15) is 0 Å². The third-order valence-corrected chi connectivity index (χ3v) is 4.59. The summed E-state index contributed by atoms with van der Waals surface area (Å²) < 4.78 is 7.67. The van der Waals surface area contributed by atoms with Gasteiger partial charge in [0.1, 0.15) is 5.69 Å². The van der Waals surface area contributed by atoms with Gasteiger partial charge in [0, 0.05) is 37.1 Å². The molecule has 5 nitrogen and oxygen atoms in total. The number of benzene rings is 1. The summed E-state index contributed by atoms with van der Waals surface area (Å²) in [5, 5.41) is 1.92. The van der Waals surface area contributed by atoms with Crippen LogP contribution in [0.2, 0.25) is 0 Å². The van der Waals surface area contributed by atoms with Gasteiger partial charge in [-0.1, -0.05) is 24.3 Å². The highest BCUT2D eigenvalue weighted by Crippen LogP contribution is 2.27. The Morgan fingerprint density at radius 3 is 2.92 bits per heavy atom. The van der Waals surface area contributed by atoms with Crippen LogP contribution in [0.4, 0.5) is 0 Å².